The Morgan fingerprint density at radius 2 is 2.00 bits per heavy atom. The van der Waals surface area contributed by atoms with Gasteiger partial charge in [0, 0.05) is 24.7 Å². The highest BCUT2D eigenvalue weighted by atomic mass is 16.4. The Balaban J connectivity index is 2.59. The number of aromatic amines is 1. The Hall–Kier alpha value is -2.11. The lowest BCUT2D eigenvalue weighted by Crippen LogP contribution is -2.31. The lowest BCUT2D eigenvalue weighted by molar-refractivity contribution is -0.138. The Morgan fingerprint density at radius 3 is 2.48 bits per heavy atom. The standard InChI is InChI=1S/C15H22N2O4/c1-9(2)4-11(5-14(19)20)7-17-15(21)13-6-12(8-16-13)10(3)18/h6,8-9,11,16H,4-5,7H2,1-3H3,(H,17,21)(H,19,20). The van der Waals surface area contributed by atoms with Crippen LogP contribution in [0.25, 0.3) is 0 Å². The zero-order valence-electron chi connectivity index (χ0n) is 12.6. The number of amides is 1. The van der Waals surface area contributed by atoms with E-state index in [9.17, 15) is 14.4 Å². The average molecular weight is 294 g/mol. The van der Waals surface area contributed by atoms with E-state index >= 15 is 0 Å². The maximum Gasteiger partial charge on any atom is 0.303 e. The number of carboxylic acids is 1. The molecule has 0 fully saturated rings. The van der Waals surface area contributed by atoms with Crippen molar-refractivity contribution in [3.63, 3.8) is 0 Å². The lowest BCUT2D eigenvalue weighted by atomic mass is 9.94. The van der Waals surface area contributed by atoms with Gasteiger partial charge in [0.1, 0.15) is 5.69 Å². The third kappa shape index (κ3) is 5.81. The van der Waals surface area contributed by atoms with Crippen LogP contribution in [0, 0.1) is 11.8 Å². The van der Waals surface area contributed by atoms with Crippen LogP contribution in [-0.2, 0) is 4.79 Å². The zero-order valence-corrected chi connectivity index (χ0v) is 12.6. The first-order valence-corrected chi connectivity index (χ1v) is 6.99. The van der Waals surface area contributed by atoms with E-state index in [1.165, 1.54) is 19.2 Å². The van der Waals surface area contributed by atoms with Crippen molar-refractivity contribution in [2.24, 2.45) is 11.8 Å². The fourth-order valence-corrected chi connectivity index (χ4v) is 2.21. The first kappa shape index (κ1) is 16.9. The summed E-state index contributed by atoms with van der Waals surface area (Å²) in [4.78, 5) is 36.7. The quantitative estimate of drug-likeness (QED) is 0.639. The van der Waals surface area contributed by atoms with Gasteiger partial charge < -0.3 is 15.4 Å². The molecule has 0 spiro atoms. The van der Waals surface area contributed by atoms with Gasteiger partial charge in [0.15, 0.2) is 5.78 Å². The average Bonchev–Trinajstić information content (AvgIpc) is 2.83. The van der Waals surface area contributed by atoms with Crippen molar-refractivity contribution < 1.29 is 19.5 Å². The summed E-state index contributed by atoms with van der Waals surface area (Å²) in [6.45, 7) is 5.76. The molecule has 0 aliphatic carbocycles. The van der Waals surface area contributed by atoms with Crippen LogP contribution in [0.15, 0.2) is 12.3 Å². The smallest absolute Gasteiger partial charge is 0.303 e. The van der Waals surface area contributed by atoms with Gasteiger partial charge in [-0.15, -0.1) is 0 Å². The molecule has 0 saturated heterocycles. The van der Waals surface area contributed by atoms with Gasteiger partial charge in [-0.2, -0.15) is 0 Å². The molecular weight excluding hydrogens is 272 g/mol. The Kier molecular flexibility index (Phi) is 6.14. The van der Waals surface area contributed by atoms with E-state index in [-0.39, 0.29) is 24.0 Å². The van der Waals surface area contributed by atoms with Crippen LogP contribution in [0.5, 0.6) is 0 Å². The zero-order chi connectivity index (χ0) is 16.0. The minimum atomic E-state index is -0.867. The van der Waals surface area contributed by atoms with Crippen molar-refractivity contribution in [2.75, 3.05) is 6.54 Å². The number of hydrogen-bond donors (Lipinski definition) is 3. The first-order valence-electron chi connectivity index (χ1n) is 6.99. The van der Waals surface area contributed by atoms with Gasteiger partial charge in [0.05, 0.1) is 0 Å². The molecule has 0 radical (unpaired) electrons. The molecule has 0 aromatic carbocycles. The van der Waals surface area contributed by atoms with Crippen LogP contribution >= 0.6 is 0 Å². The molecule has 116 valence electrons. The number of carboxylic acid groups (broad SMARTS) is 1. The van der Waals surface area contributed by atoms with E-state index in [1.54, 1.807) is 0 Å². The monoisotopic (exact) mass is 294 g/mol. The summed E-state index contributed by atoms with van der Waals surface area (Å²) < 4.78 is 0. The molecule has 1 rings (SSSR count). The molecule has 6 nitrogen and oxygen atoms in total. The van der Waals surface area contributed by atoms with Crippen LogP contribution in [-0.4, -0.2) is 34.3 Å². The number of aliphatic carboxylic acids is 1. The molecule has 21 heavy (non-hydrogen) atoms. The fraction of sp³-hybridized carbons (Fsp3) is 0.533. The first-order chi connectivity index (χ1) is 9.79. The van der Waals surface area contributed by atoms with Crippen LogP contribution < -0.4 is 5.32 Å². The maximum atomic E-state index is 12.0. The minimum absolute atomic E-state index is 0.0296. The molecule has 1 atom stereocenters. The summed E-state index contributed by atoms with van der Waals surface area (Å²) in [5.74, 6) is -1.06. The van der Waals surface area contributed by atoms with Gasteiger partial charge in [-0.3, -0.25) is 14.4 Å². The number of rotatable bonds is 8. The molecule has 1 amide bonds. The highest BCUT2D eigenvalue weighted by Gasteiger charge is 2.17. The molecule has 3 N–H and O–H groups in total. The van der Waals surface area contributed by atoms with Gasteiger partial charge in [-0.25, -0.2) is 0 Å². The third-order valence-corrected chi connectivity index (χ3v) is 3.15. The lowest BCUT2D eigenvalue weighted by Gasteiger charge is -2.17. The number of carbonyl (C=O) groups excluding carboxylic acids is 2. The van der Waals surface area contributed by atoms with E-state index in [0.29, 0.717) is 23.7 Å². The number of H-pyrrole nitrogens is 1. The minimum Gasteiger partial charge on any atom is -0.481 e. The predicted molar refractivity (Wildman–Crippen MR) is 78.3 cm³/mol. The summed E-state index contributed by atoms with van der Waals surface area (Å²) in [7, 11) is 0. The summed E-state index contributed by atoms with van der Waals surface area (Å²) in [6.07, 6.45) is 2.25. The summed E-state index contributed by atoms with van der Waals surface area (Å²) in [6, 6.07) is 1.49. The molecular formula is C15H22N2O4. The van der Waals surface area contributed by atoms with Crippen LogP contribution in [0.3, 0.4) is 0 Å². The van der Waals surface area contributed by atoms with E-state index in [4.69, 9.17) is 5.11 Å². The second kappa shape index (κ2) is 7.61. The van der Waals surface area contributed by atoms with Crippen molar-refractivity contribution in [3.8, 4) is 0 Å². The number of carbonyl (C=O) groups is 3. The second-order valence-corrected chi connectivity index (χ2v) is 5.66. The maximum absolute atomic E-state index is 12.0. The topological polar surface area (TPSA) is 99.3 Å². The van der Waals surface area contributed by atoms with Crippen molar-refractivity contribution in [2.45, 2.75) is 33.6 Å². The normalized spacial score (nSPS) is 12.2. The molecule has 1 aromatic rings. The summed E-state index contributed by atoms with van der Waals surface area (Å²) in [5.41, 5.74) is 0.753. The molecule has 6 heteroatoms. The Morgan fingerprint density at radius 1 is 1.33 bits per heavy atom. The predicted octanol–water partition coefficient (Wildman–Crippen LogP) is 2.08. The molecule has 0 aliphatic heterocycles. The van der Waals surface area contributed by atoms with Crippen LogP contribution in [0.1, 0.15) is 54.5 Å². The number of aromatic nitrogens is 1. The highest BCUT2D eigenvalue weighted by Crippen LogP contribution is 2.15. The Bertz CT molecular complexity index is 519. The van der Waals surface area contributed by atoms with Crippen molar-refractivity contribution in [1.29, 1.82) is 0 Å². The number of nitrogens with one attached hydrogen (secondary N) is 2. The van der Waals surface area contributed by atoms with Crippen LogP contribution in [0.4, 0.5) is 0 Å². The number of Topliss-reactive ketones (excluding diaryl/α,β-unsaturated/α-hetero) is 1. The summed E-state index contributed by atoms with van der Waals surface area (Å²) >= 11 is 0. The Labute approximate surface area is 123 Å². The molecule has 0 bridgehead atoms. The van der Waals surface area contributed by atoms with E-state index in [1.807, 2.05) is 13.8 Å². The molecule has 1 unspecified atom stereocenters. The number of hydrogen-bond acceptors (Lipinski definition) is 3. The number of ketones is 1. The van der Waals surface area contributed by atoms with Gasteiger partial charge >= 0.3 is 5.97 Å². The SMILES string of the molecule is CC(=O)c1c[nH]c(C(=O)NCC(CC(=O)O)CC(C)C)c1. The van der Waals surface area contributed by atoms with Gasteiger partial charge in [0.25, 0.3) is 5.91 Å². The van der Waals surface area contributed by atoms with Gasteiger partial charge in [0.2, 0.25) is 0 Å². The van der Waals surface area contributed by atoms with Crippen molar-refractivity contribution in [1.82, 2.24) is 10.3 Å². The van der Waals surface area contributed by atoms with E-state index in [0.717, 1.165) is 6.42 Å². The van der Waals surface area contributed by atoms with E-state index < -0.39 is 5.97 Å². The van der Waals surface area contributed by atoms with Crippen LogP contribution in [0.2, 0.25) is 0 Å². The van der Waals surface area contributed by atoms with Gasteiger partial charge in [-0.1, -0.05) is 13.8 Å². The highest BCUT2D eigenvalue weighted by molar-refractivity contribution is 5.99. The van der Waals surface area contributed by atoms with Gasteiger partial charge in [-0.05, 0) is 31.2 Å². The second-order valence-electron chi connectivity index (χ2n) is 5.66. The third-order valence-electron chi connectivity index (χ3n) is 3.15. The van der Waals surface area contributed by atoms with Crippen molar-refractivity contribution >= 4 is 17.7 Å². The fourth-order valence-electron chi connectivity index (χ4n) is 2.21. The molecule has 0 saturated carbocycles. The van der Waals surface area contributed by atoms with E-state index in [2.05, 4.69) is 10.3 Å². The molecule has 0 aliphatic rings. The molecule has 1 aromatic heterocycles. The molecule has 1 heterocycles. The summed E-state index contributed by atoms with van der Waals surface area (Å²) in [5, 5.41) is 11.6. The largest absolute Gasteiger partial charge is 0.481 e. The van der Waals surface area contributed by atoms with Crippen molar-refractivity contribution in [3.05, 3.63) is 23.5 Å².